The van der Waals surface area contributed by atoms with Gasteiger partial charge in [0.15, 0.2) is 0 Å². The molecule has 0 unspecified atom stereocenters. The van der Waals surface area contributed by atoms with Crippen molar-refractivity contribution >= 4 is 16.6 Å². The Kier molecular flexibility index (Phi) is 2.28. The van der Waals surface area contributed by atoms with Crippen LogP contribution in [0.4, 0.5) is 10.1 Å². The normalized spacial score (nSPS) is 14.9. The Morgan fingerprint density at radius 2 is 2.00 bits per heavy atom. The van der Waals surface area contributed by atoms with Crippen molar-refractivity contribution in [2.24, 2.45) is 0 Å². The number of nitrogens with two attached hydrogens (primary N) is 1. The molecule has 0 saturated carbocycles. The number of aromatic nitrogens is 1. The van der Waals surface area contributed by atoms with Gasteiger partial charge in [-0.3, -0.25) is 0 Å². The van der Waals surface area contributed by atoms with E-state index in [4.69, 9.17) is 5.73 Å². The number of benzene rings is 1. The van der Waals surface area contributed by atoms with Crippen LogP contribution < -0.4 is 5.73 Å². The predicted octanol–water partition coefficient (Wildman–Crippen LogP) is 3.14. The number of hydrogen-bond donors (Lipinski definition) is 1. The van der Waals surface area contributed by atoms with Gasteiger partial charge >= 0.3 is 0 Å². The van der Waals surface area contributed by atoms with Crippen LogP contribution in [0.15, 0.2) is 12.1 Å². The number of anilines is 1. The highest BCUT2D eigenvalue weighted by Crippen LogP contribution is 2.32. The first kappa shape index (κ1) is 10.5. The van der Waals surface area contributed by atoms with Gasteiger partial charge < -0.3 is 5.73 Å². The number of rotatable bonds is 0. The van der Waals surface area contributed by atoms with Crippen LogP contribution in [0.1, 0.15) is 29.7 Å². The minimum Gasteiger partial charge on any atom is -0.398 e. The number of halogens is 1. The Morgan fingerprint density at radius 3 is 2.82 bits per heavy atom. The van der Waals surface area contributed by atoms with E-state index in [2.05, 4.69) is 4.98 Å². The van der Waals surface area contributed by atoms with Gasteiger partial charge in [-0.15, -0.1) is 0 Å². The van der Waals surface area contributed by atoms with E-state index in [1.807, 2.05) is 13.0 Å². The van der Waals surface area contributed by atoms with E-state index in [9.17, 15) is 4.39 Å². The molecular formula is C14H15FN2. The molecule has 0 aliphatic heterocycles. The summed E-state index contributed by atoms with van der Waals surface area (Å²) < 4.78 is 13.9. The zero-order chi connectivity index (χ0) is 12.0. The maximum Gasteiger partial charge on any atom is 0.149 e. The van der Waals surface area contributed by atoms with Gasteiger partial charge in [-0.2, -0.15) is 0 Å². The summed E-state index contributed by atoms with van der Waals surface area (Å²) in [6.45, 7) is 1.88. The third-order valence-corrected chi connectivity index (χ3v) is 3.51. The topological polar surface area (TPSA) is 38.9 Å². The molecule has 1 aliphatic carbocycles. The van der Waals surface area contributed by atoms with E-state index in [1.54, 1.807) is 0 Å². The maximum atomic E-state index is 13.9. The Labute approximate surface area is 99.7 Å². The van der Waals surface area contributed by atoms with Crippen molar-refractivity contribution < 1.29 is 4.39 Å². The number of aryl methyl sites for hydroxylation is 2. The first-order valence-corrected chi connectivity index (χ1v) is 6.04. The van der Waals surface area contributed by atoms with Gasteiger partial charge in [-0.05, 0) is 55.9 Å². The summed E-state index contributed by atoms with van der Waals surface area (Å²) >= 11 is 0. The fraction of sp³-hybridized carbons (Fsp3) is 0.357. The minimum absolute atomic E-state index is 0.264. The van der Waals surface area contributed by atoms with Crippen LogP contribution in [0.3, 0.4) is 0 Å². The van der Waals surface area contributed by atoms with Crippen LogP contribution in [0.5, 0.6) is 0 Å². The lowest BCUT2D eigenvalue weighted by molar-refractivity contribution is 0.631. The largest absolute Gasteiger partial charge is 0.398 e. The summed E-state index contributed by atoms with van der Waals surface area (Å²) in [7, 11) is 0. The van der Waals surface area contributed by atoms with Crippen molar-refractivity contribution in [1.82, 2.24) is 4.98 Å². The van der Waals surface area contributed by atoms with Crippen molar-refractivity contribution in [3.63, 3.8) is 0 Å². The number of fused-ring (bicyclic) bond motifs is 2. The first-order chi connectivity index (χ1) is 8.16. The molecule has 1 aromatic carbocycles. The van der Waals surface area contributed by atoms with Crippen LogP contribution in [0.2, 0.25) is 0 Å². The smallest absolute Gasteiger partial charge is 0.149 e. The zero-order valence-electron chi connectivity index (χ0n) is 9.89. The molecule has 17 heavy (non-hydrogen) atoms. The van der Waals surface area contributed by atoms with Crippen molar-refractivity contribution in [2.75, 3.05) is 5.73 Å². The molecule has 88 valence electrons. The summed E-state index contributed by atoms with van der Waals surface area (Å²) in [6.07, 6.45) is 4.17. The Bertz CT molecular complexity index is 605. The molecule has 2 aromatic rings. The summed E-state index contributed by atoms with van der Waals surface area (Å²) in [6, 6.07) is 3.44. The van der Waals surface area contributed by atoms with E-state index in [0.29, 0.717) is 5.52 Å². The monoisotopic (exact) mass is 230 g/mol. The fourth-order valence-corrected chi connectivity index (χ4v) is 2.65. The summed E-state index contributed by atoms with van der Waals surface area (Å²) in [4.78, 5) is 4.46. The fourth-order valence-electron chi connectivity index (χ4n) is 2.65. The van der Waals surface area contributed by atoms with E-state index >= 15 is 0 Å². The Hall–Kier alpha value is -1.64. The highest BCUT2D eigenvalue weighted by atomic mass is 19.1. The molecule has 1 aromatic heterocycles. The van der Waals surface area contributed by atoms with E-state index in [1.165, 1.54) is 6.07 Å². The third-order valence-electron chi connectivity index (χ3n) is 3.51. The van der Waals surface area contributed by atoms with Crippen LogP contribution in [0, 0.1) is 12.7 Å². The molecule has 3 heteroatoms. The molecule has 2 N–H and O–H groups in total. The second-order valence-corrected chi connectivity index (χ2v) is 4.80. The van der Waals surface area contributed by atoms with E-state index < -0.39 is 0 Å². The SMILES string of the molecule is Cc1cc(F)c2nc3c(c(N)c2c1)CCCC3. The average Bonchev–Trinajstić information content (AvgIpc) is 2.31. The second kappa shape index (κ2) is 3.69. The minimum atomic E-state index is -0.264. The van der Waals surface area contributed by atoms with Gasteiger partial charge in [0.2, 0.25) is 0 Å². The number of nitrogen functional groups attached to an aromatic ring is 1. The van der Waals surface area contributed by atoms with Gasteiger partial charge in [0.1, 0.15) is 11.3 Å². The van der Waals surface area contributed by atoms with Gasteiger partial charge in [-0.1, -0.05) is 0 Å². The highest BCUT2D eigenvalue weighted by molar-refractivity contribution is 5.93. The molecule has 0 fully saturated rings. The molecule has 0 radical (unpaired) electrons. The number of hydrogen-bond acceptors (Lipinski definition) is 2. The summed E-state index contributed by atoms with van der Waals surface area (Å²) in [5, 5.41) is 0.767. The number of pyridine rings is 1. The van der Waals surface area contributed by atoms with Crippen LogP contribution in [-0.2, 0) is 12.8 Å². The highest BCUT2D eigenvalue weighted by Gasteiger charge is 2.18. The van der Waals surface area contributed by atoms with Gasteiger partial charge in [-0.25, -0.2) is 9.37 Å². The zero-order valence-corrected chi connectivity index (χ0v) is 9.89. The summed E-state index contributed by atoms with van der Waals surface area (Å²) in [5.74, 6) is -0.264. The van der Waals surface area contributed by atoms with E-state index in [-0.39, 0.29) is 5.82 Å². The lowest BCUT2D eigenvalue weighted by Gasteiger charge is -2.18. The quantitative estimate of drug-likeness (QED) is 0.755. The summed E-state index contributed by atoms with van der Waals surface area (Å²) in [5.41, 5.74) is 10.3. The Balaban J connectivity index is 2.40. The first-order valence-electron chi connectivity index (χ1n) is 6.04. The van der Waals surface area contributed by atoms with Crippen LogP contribution in [0.25, 0.3) is 10.9 Å². The molecule has 3 rings (SSSR count). The lowest BCUT2D eigenvalue weighted by Crippen LogP contribution is -2.10. The molecule has 1 aliphatic rings. The van der Waals surface area contributed by atoms with Crippen LogP contribution >= 0.6 is 0 Å². The predicted molar refractivity (Wildman–Crippen MR) is 67.5 cm³/mol. The Morgan fingerprint density at radius 1 is 1.24 bits per heavy atom. The van der Waals surface area contributed by atoms with E-state index in [0.717, 1.165) is 53.6 Å². The van der Waals surface area contributed by atoms with Crippen molar-refractivity contribution in [3.05, 3.63) is 34.8 Å². The van der Waals surface area contributed by atoms with Gasteiger partial charge in [0.25, 0.3) is 0 Å². The molecule has 0 spiro atoms. The molecule has 0 atom stereocenters. The molecule has 2 nitrogen and oxygen atoms in total. The van der Waals surface area contributed by atoms with Crippen molar-refractivity contribution in [3.8, 4) is 0 Å². The van der Waals surface area contributed by atoms with Crippen LogP contribution in [-0.4, -0.2) is 4.98 Å². The molecule has 0 saturated heterocycles. The van der Waals surface area contributed by atoms with Gasteiger partial charge in [0, 0.05) is 16.8 Å². The third kappa shape index (κ3) is 1.57. The van der Waals surface area contributed by atoms with Crippen molar-refractivity contribution in [1.29, 1.82) is 0 Å². The lowest BCUT2D eigenvalue weighted by atomic mass is 9.92. The average molecular weight is 230 g/mol. The van der Waals surface area contributed by atoms with Crippen molar-refractivity contribution in [2.45, 2.75) is 32.6 Å². The van der Waals surface area contributed by atoms with Gasteiger partial charge in [0.05, 0.1) is 0 Å². The number of nitrogens with zero attached hydrogens (tertiary/aromatic N) is 1. The second-order valence-electron chi connectivity index (χ2n) is 4.80. The standard InChI is InChI=1S/C14H15FN2/c1-8-6-10-13(16)9-4-2-3-5-12(9)17-14(10)11(15)7-8/h6-7H,2-5H2,1H3,(H2,16,17). The maximum absolute atomic E-state index is 13.9. The molecule has 1 heterocycles. The molecule has 0 bridgehead atoms. The molecular weight excluding hydrogens is 215 g/mol. The molecule has 0 amide bonds.